The van der Waals surface area contributed by atoms with Crippen molar-refractivity contribution in [1.82, 2.24) is 0 Å². The van der Waals surface area contributed by atoms with Gasteiger partial charge in [-0.25, -0.2) is 17.4 Å². The molecule has 0 aliphatic carbocycles. The number of hydrogen-bond acceptors (Lipinski definition) is 2. The maximum absolute atomic E-state index is 13.9. The van der Waals surface area contributed by atoms with Crippen molar-refractivity contribution in [1.29, 1.82) is 0 Å². The zero-order chi connectivity index (χ0) is 20.1. The van der Waals surface area contributed by atoms with Crippen LogP contribution < -0.4 is 0 Å². The van der Waals surface area contributed by atoms with Gasteiger partial charge >= 0.3 is 0 Å². The molecule has 1 aliphatic rings. The van der Waals surface area contributed by atoms with Crippen LogP contribution in [-0.2, 0) is 22.0 Å². The monoisotopic (exact) mass is 400 g/mol. The lowest BCUT2D eigenvalue weighted by atomic mass is 10.0. The van der Waals surface area contributed by atoms with Crippen LogP contribution in [0.25, 0.3) is 0 Å². The van der Waals surface area contributed by atoms with E-state index in [1.54, 1.807) is 6.07 Å². The Kier molecular flexibility index (Phi) is 6.45. The van der Waals surface area contributed by atoms with Crippen molar-refractivity contribution in [2.75, 3.05) is 6.54 Å². The highest BCUT2D eigenvalue weighted by molar-refractivity contribution is 7.90. The largest absolute Gasteiger partial charge is 0.223 e. The minimum absolute atomic E-state index is 0.185. The summed E-state index contributed by atoms with van der Waals surface area (Å²) < 4.78 is 41.5. The predicted molar refractivity (Wildman–Crippen MR) is 111 cm³/mol. The number of benzene rings is 2. The quantitative estimate of drug-likeness (QED) is 0.470. The highest BCUT2D eigenvalue weighted by Crippen LogP contribution is 2.21. The first-order valence-corrected chi connectivity index (χ1v) is 11.3. The molecule has 2 aromatic carbocycles. The van der Waals surface area contributed by atoms with Crippen LogP contribution in [-0.4, -0.2) is 25.2 Å². The fourth-order valence-corrected chi connectivity index (χ4v) is 5.05. The highest BCUT2D eigenvalue weighted by atomic mass is 32.2. The molecule has 0 amide bonds. The van der Waals surface area contributed by atoms with E-state index in [9.17, 15) is 12.8 Å². The van der Waals surface area contributed by atoms with Gasteiger partial charge in [-0.15, -0.1) is 0 Å². The van der Waals surface area contributed by atoms with Gasteiger partial charge in [0, 0.05) is 13.3 Å². The third-order valence-electron chi connectivity index (χ3n) is 5.03. The first-order chi connectivity index (χ1) is 13.3. The minimum Gasteiger partial charge on any atom is -0.223 e. The van der Waals surface area contributed by atoms with E-state index in [4.69, 9.17) is 0 Å². The Bertz CT molecular complexity index is 1020. The van der Waals surface area contributed by atoms with Gasteiger partial charge in [0.1, 0.15) is 17.3 Å². The zero-order valence-electron chi connectivity index (χ0n) is 16.5. The van der Waals surface area contributed by atoms with Crippen LogP contribution in [0.3, 0.4) is 0 Å². The average Bonchev–Trinajstić information content (AvgIpc) is 3.03. The van der Waals surface area contributed by atoms with Crippen molar-refractivity contribution in [3.05, 3.63) is 77.2 Å². The number of unbranched alkanes of at least 4 members (excludes halogenated alkanes) is 1. The number of hydrogen-bond donors (Lipinski definition) is 0. The number of aryl methyl sites for hydroxylation is 2. The SMILES string of the molecule is CC1=[N+](CCCCc2cc(C)cc(CS(=O)(=O)c3ccccc3F)c2)C=CC1. The molecule has 0 atom stereocenters. The molecule has 0 unspecified atom stereocenters. The smallest absolute Gasteiger partial charge is 0.185 e. The fourth-order valence-electron chi connectivity index (χ4n) is 3.64. The summed E-state index contributed by atoms with van der Waals surface area (Å²) in [4.78, 5) is -0.233. The lowest BCUT2D eigenvalue weighted by Crippen LogP contribution is -2.10. The van der Waals surface area contributed by atoms with Crippen LogP contribution in [0.5, 0.6) is 0 Å². The van der Waals surface area contributed by atoms with E-state index in [0.717, 1.165) is 43.4 Å². The third-order valence-corrected chi connectivity index (χ3v) is 6.74. The second-order valence-electron chi connectivity index (χ2n) is 7.49. The number of allylic oxidation sites excluding steroid dienone is 1. The summed E-state index contributed by atoms with van der Waals surface area (Å²) in [5.41, 5.74) is 4.26. The summed E-state index contributed by atoms with van der Waals surface area (Å²) in [5.74, 6) is -0.881. The van der Waals surface area contributed by atoms with E-state index in [2.05, 4.69) is 29.8 Å². The molecule has 1 heterocycles. The predicted octanol–water partition coefficient (Wildman–Crippen LogP) is 4.82. The van der Waals surface area contributed by atoms with E-state index >= 15 is 0 Å². The molecular weight excluding hydrogens is 373 g/mol. The molecule has 28 heavy (non-hydrogen) atoms. The van der Waals surface area contributed by atoms with Gasteiger partial charge in [0.15, 0.2) is 21.7 Å². The van der Waals surface area contributed by atoms with E-state index in [1.165, 1.54) is 23.9 Å². The summed E-state index contributed by atoms with van der Waals surface area (Å²) in [7, 11) is -3.71. The van der Waals surface area contributed by atoms with Crippen molar-refractivity contribution in [3.8, 4) is 0 Å². The van der Waals surface area contributed by atoms with Crippen molar-refractivity contribution in [2.45, 2.75) is 50.2 Å². The van der Waals surface area contributed by atoms with Gasteiger partial charge in [0.25, 0.3) is 0 Å². The second kappa shape index (κ2) is 8.82. The van der Waals surface area contributed by atoms with Gasteiger partial charge < -0.3 is 0 Å². The van der Waals surface area contributed by atoms with E-state index in [-0.39, 0.29) is 10.6 Å². The molecule has 148 valence electrons. The molecule has 3 nitrogen and oxygen atoms in total. The number of nitrogens with zero attached hydrogens (tertiary/aromatic N) is 1. The molecule has 2 aromatic rings. The average molecular weight is 401 g/mol. The van der Waals surface area contributed by atoms with E-state index in [0.29, 0.717) is 5.56 Å². The molecule has 5 heteroatoms. The van der Waals surface area contributed by atoms with Gasteiger partial charge in [0.2, 0.25) is 0 Å². The molecular formula is C23H27FNO2S+. The van der Waals surface area contributed by atoms with E-state index in [1.807, 2.05) is 19.1 Å². The molecule has 0 bridgehead atoms. The van der Waals surface area contributed by atoms with Crippen LogP contribution in [0.4, 0.5) is 4.39 Å². The lowest BCUT2D eigenvalue weighted by molar-refractivity contribution is -0.455. The van der Waals surface area contributed by atoms with Crippen molar-refractivity contribution >= 4 is 15.5 Å². The van der Waals surface area contributed by atoms with Crippen LogP contribution in [0, 0.1) is 12.7 Å². The van der Waals surface area contributed by atoms with Gasteiger partial charge in [0.05, 0.1) is 12.2 Å². The fraction of sp³-hybridized carbons (Fsp3) is 0.348. The molecule has 0 saturated heterocycles. The van der Waals surface area contributed by atoms with Gasteiger partial charge in [-0.3, -0.25) is 0 Å². The molecule has 0 saturated carbocycles. The van der Waals surface area contributed by atoms with Gasteiger partial charge in [-0.05, 0) is 49.1 Å². The van der Waals surface area contributed by atoms with Crippen molar-refractivity contribution in [2.24, 2.45) is 0 Å². The molecule has 3 rings (SSSR count). The number of sulfone groups is 1. The molecule has 0 radical (unpaired) electrons. The van der Waals surface area contributed by atoms with Crippen molar-refractivity contribution in [3.63, 3.8) is 0 Å². The standard InChI is InChI=1S/C23H27FNO2S/c1-18-14-20(9-5-6-12-25-13-7-8-19(25)2)16-21(15-18)17-28(26,27)23-11-4-3-10-22(23)24/h3-4,7,10-11,13-16H,5-6,8-9,12,17H2,1-2H3/q+1. The van der Waals surface area contributed by atoms with Crippen molar-refractivity contribution < 1.29 is 17.4 Å². The first kappa shape index (κ1) is 20.5. The zero-order valence-corrected chi connectivity index (χ0v) is 17.3. The van der Waals surface area contributed by atoms with Gasteiger partial charge in [-0.2, -0.15) is 0 Å². The lowest BCUT2D eigenvalue weighted by Gasteiger charge is -2.09. The van der Waals surface area contributed by atoms with E-state index < -0.39 is 15.7 Å². The summed E-state index contributed by atoms with van der Waals surface area (Å²) in [6.45, 7) is 5.14. The summed E-state index contributed by atoms with van der Waals surface area (Å²) in [5, 5.41) is 0. The molecule has 0 fully saturated rings. The Hall–Kier alpha value is -2.27. The Morgan fingerprint density at radius 2 is 1.79 bits per heavy atom. The second-order valence-corrected chi connectivity index (χ2v) is 9.45. The molecule has 0 N–H and O–H groups in total. The molecule has 0 spiro atoms. The first-order valence-electron chi connectivity index (χ1n) is 9.67. The Labute approximate surface area is 167 Å². The normalized spacial score (nSPS) is 14.1. The summed E-state index contributed by atoms with van der Waals surface area (Å²) in [6, 6.07) is 11.5. The molecule has 1 aliphatic heterocycles. The van der Waals surface area contributed by atoms with Gasteiger partial charge in [-0.1, -0.05) is 35.9 Å². The Morgan fingerprint density at radius 1 is 1.04 bits per heavy atom. The number of rotatable bonds is 8. The maximum Gasteiger partial charge on any atom is 0.185 e. The Morgan fingerprint density at radius 3 is 2.50 bits per heavy atom. The minimum atomic E-state index is -3.71. The topological polar surface area (TPSA) is 37.1 Å². The number of halogens is 1. The summed E-state index contributed by atoms with van der Waals surface area (Å²) >= 11 is 0. The van der Waals surface area contributed by atoms with Crippen LogP contribution in [0.1, 0.15) is 42.9 Å². The Balaban J connectivity index is 1.65. The van der Waals surface area contributed by atoms with Crippen LogP contribution in [0.15, 0.2) is 59.6 Å². The maximum atomic E-state index is 13.9. The third kappa shape index (κ3) is 5.16. The molecule has 0 aromatic heterocycles. The van der Waals surface area contributed by atoms with Crippen LogP contribution >= 0.6 is 0 Å². The summed E-state index contributed by atoms with van der Waals surface area (Å²) in [6.07, 6.45) is 8.40. The highest BCUT2D eigenvalue weighted by Gasteiger charge is 2.20. The van der Waals surface area contributed by atoms with Crippen LogP contribution in [0.2, 0.25) is 0 Å².